The summed E-state index contributed by atoms with van der Waals surface area (Å²) in [7, 11) is 0. The number of benzene rings is 1. The van der Waals surface area contributed by atoms with Crippen LogP contribution in [0.2, 0.25) is 0 Å². The second kappa shape index (κ2) is 7.32. The van der Waals surface area contributed by atoms with Gasteiger partial charge in [0.2, 0.25) is 5.91 Å². The van der Waals surface area contributed by atoms with Gasteiger partial charge in [0, 0.05) is 0 Å². The fraction of sp³-hybridized carbons (Fsp3) is 0.333. The number of aliphatic hydroxyl groups is 1. The largest absolute Gasteiger partial charge is 0.493 e. The minimum absolute atomic E-state index is 0.0230. The Morgan fingerprint density at radius 1 is 1.32 bits per heavy atom. The molecule has 0 radical (unpaired) electrons. The number of hydrogen-bond donors (Lipinski definition) is 3. The van der Waals surface area contributed by atoms with E-state index in [0.29, 0.717) is 5.75 Å². The molecule has 1 aromatic carbocycles. The monoisotopic (exact) mass is 271 g/mol. The summed E-state index contributed by atoms with van der Waals surface area (Å²) in [5.74, 6) is -1.85. The van der Waals surface area contributed by atoms with Gasteiger partial charge >= 0.3 is 5.97 Å². The van der Waals surface area contributed by atoms with E-state index in [1.807, 2.05) is 0 Å². The summed E-state index contributed by atoms with van der Waals surface area (Å²) in [6.45, 7) is -0.658. The van der Waals surface area contributed by atoms with Gasteiger partial charge in [-0.25, -0.2) is 9.18 Å². The van der Waals surface area contributed by atoms with E-state index >= 15 is 0 Å². The Labute approximate surface area is 108 Å². The van der Waals surface area contributed by atoms with E-state index < -0.39 is 30.3 Å². The van der Waals surface area contributed by atoms with Crippen molar-refractivity contribution in [2.24, 2.45) is 0 Å². The molecule has 0 aromatic heterocycles. The van der Waals surface area contributed by atoms with Crippen molar-refractivity contribution >= 4 is 11.9 Å². The molecule has 7 heteroatoms. The molecule has 3 N–H and O–H groups in total. The highest BCUT2D eigenvalue weighted by molar-refractivity contribution is 5.83. The zero-order valence-corrected chi connectivity index (χ0v) is 10.0. The normalized spacial score (nSPS) is 11.7. The summed E-state index contributed by atoms with van der Waals surface area (Å²) in [6, 6.07) is 3.96. The van der Waals surface area contributed by atoms with Crippen LogP contribution in [0.3, 0.4) is 0 Å². The number of nitrogens with one attached hydrogen (secondary N) is 1. The molecule has 6 nitrogen and oxygen atoms in total. The van der Waals surface area contributed by atoms with Crippen LogP contribution in [0.15, 0.2) is 24.3 Å². The Morgan fingerprint density at radius 2 is 1.95 bits per heavy atom. The van der Waals surface area contributed by atoms with Crippen LogP contribution in [-0.2, 0) is 9.59 Å². The first-order valence-corrected chi connectivity index (χ1v) is 5.54. The maximum Gasteiger partial charge on any atom is 0.328 e. The lowest BCUT2D eigenvalue weighted by Crippen LogP contribution is -2.43. The molecule has 0 saturated carbocycles. The second-order valence-electron chi connectivity index (χ2n) is 3.69. The zero-order chi connectivity index (χ0) is 14.3. The van der Waals surface area contributed by atoms with Crippen molar-refractivity contribution in [2.45, 2.75) is 12.5 Å². The maximum absolute atomic E-state index is 12.6. The molecule has 0 aliphatic carbocycles. The highest BCUT2D eigenvalue weighted by Crippen LogP contribution is 2.11. The predicted octanol–water partition coefficient (Wildman–Crippen LogP) is 0.156. The van der Waals surface area contributed by atoms with Crippen LogP contribution >= 0.6 is 0 Å². The molecule has 104 valence electrons. The lowest BCUT2D eigenvalue weighted by Gasteiger charge is -2.11. The molecule has 0 spiro atoms. The van der Waals surface area contributed by atoms with Crippen molar-refractivity contribution in [2.75, 3.05) is 13.2 Å². The smallest absolute Gasteiger partial charge is 0.328 e. The third kappa shape index (κ3) is 5.35. The Morgan fingerprint density at radius 3 is 2.47 bits per heavy atom. The van der Waals surface area contributed by atoms with E-state index in [0.717, 1.165) is 0 Å². The Hall–Kier alpha value is -2.15. The number of carboxylic acids is 1. The lowest BCUT2D eigenvalue weighted by molar-refractivity contribution is -0.143. The summed E-state index contributed by atoms with van der Waals surface area (Å²) in [6.07, 6.45) is -0.0683. The van der Waals surface area contributed by atoms with Crippen molar-refractivity contribution < 1.29 is 28.9 Å². The molecule has 19 heavy (non-hydrogen) atoms. The molecule has 1 rings (SSSR count). The highest BCUT2D eigenvalue weighted by atomic mass is 19.1. The van der Waals surface area contributed by atoms with Crippen molar-refractivity contribution in [3.63, 3.8) is 0 Å². The maximum atomic E-state index is 12.6. The van der Waals surface area contributed by atoms with Gasteiger partial charge in [0.1, 0.15) is 17.6 Å². The van der Waals surface area contributed by atoms with E-state index in [2.05, 4.69) is 5.32 Å². The SMILES string of the molecule is O=C(CCOc1ccc(F)cc1)N[C@@H](CO)C(=O)O. The molecular formula is C12H14FNO5. The standard InChI is InChI=1S/C12H14FNO5/c13-8-1-3-9(4-2-8)19-6-5-11(16)14-10(7-15)12(17)18/h1-4,10,15H,5-7H2,(H,14,16)(H,17,18)/t10-/m0/s1. The molecule has 1 amide bonds. The summed E-state index contributed by atoms with van der Waals surface area (Å²) >= 11 is 0. The fourth-order valence-corrected chi connectivity index (χ4v) is 1.24. The highest BCUT2D eigenvalue weighted by Gasteiger charge is 2.18. The summed E-state index contributed by atoms with van der Waals surface area (Å²) in [5.41, 5.74) is 0. The number of hydrogen-bond acceptors (Lipinski definition) is 4. The second-order valence-corrected chi connectivity index (χ2v) is 3.69. The van der Waals surface area contributed by atoms with Gasteiger partial charge in [0.25, 0.3) is 0 Å². The van der Waals surface area contributed by atoms with Crippen molar-refractivity contribution in [1.29, 1.82) is 0 Å². The van der Waals surface area contributed by atoms with Crippen molar-refractivity contribution in [3.05, 3.63) is 30.1 Å². The van der Waals surface area contributed by atoms with Crippen LogP contribution in [0, 0.1) is 5.82 Å². The fourth-order valence-electron chi connectivity index (χ4n) is 1.24. The number of amides is 1. The topological polar surface area (TPSA) is 95.9 Å². The van der Waals surface area contributed by atoms with Crippen LogP contribution < -0.4 is 10.1 Å². The predicted molar refractivity (Wildman–Crippen MR) is 63.2 cm³/mol. The number of aliphatic hydroxyl groups excluding tert-OH is 1. The number of rotatable bonds is 7. The van der Waals surface area contributed by atoms with E-state index in [1.165, 1.54) is 24.3 Å². The minimum atomic E-state index is -1.32. The Bertz CT molecular complexity index is 434. The average molecular weight is 271 g/mol. The molecule has 0 unspecified atom stereocenters. The van der Waals surface area contributed by atoms with Gasteiger partial charge in [0.15, 0.2) is 0 Å². The zero-order valence-electron chi connectivity index (χ0n) is 10.0. The van der Waals surface area contributed by atoms with Gasteiger partial charge in [-0.1, -0.05) is 0 Å². The van der Waals surface area contributed by atoms with Gasteiger partial charge < -0.3 is 20.3 Å². The summed E-state index contributed by atoms with van der Waals surface area (Å²) in [4.78, 5) is 21.9. The molecule has 0 aliphatic heterocycles. The molecule has 0 bridgehead atoms. The van der Waals surface area contributed by atoms with Gasteiger partial charge in [0.05, 0.1) is 19.6 Å². The number of halogens is 1. The molecule has 0 saturated heterocycles. The first-order chi connectivity index (χ1) is 9.02. The molecule has 0 aliphatic rings. The summed E-state index contributed by atoms with van der Waals surface area (Å²) < 4.78 is 17.8. The number of carbonyl (C=O) groups excluding carboxylic acids is 1. The molecule has 1 aromatic rings. The van der Waals surface area contributed by atoms with Gasteiger partial charge in [-0.2, -0.15) is 0 Å². The van der Waals surface area contributed by atoms with E-state index in [9.17, 15) is 14.0 Å². The summed E-state index contributed by atoms with van der Waals surface area (Å²) in [5, 5.41) is 19.5. The van der Waals surface area contributed by atoms with E-state index in [4.69, 9.17) is 14.9 Å². The van der Waals surface area contributed by atoms with Crippen LogP contribution in [0.1, 0.15) is 6.42 Å². The quantitative estimate of drug-likeness (QED) is 0.656. The number of carboxylic acid groups (broad SMARTS) is 1. The Kier molecular flexibility index (Phi) is 5.74. The average Bonchev–Trinajstić information content (AvgIpc) is 2.38. The van der Waals surface area contributed by atoms with Crippen LogP contribution in [0.4, 0.5) is 4.39 Å². The first-order valence-electron chi connectivity index (χ1n) is 5.54. The van der Waals surface area contributed by atoms with Crippen molar-refractivity contribution in [1.82, 2.24) is 5.32 Å². The van der Waals surface area contributed by atoms with E-state index in [1.54, 1.807) is 0 Å². The van der Waals surface area contributed by atoms with Gasteiger partial charge in [-0.05, 0) is 24.3 Å². The van der Waals surface area contributed by atoms with E-state index in [-0.39, 0.29) is 13.0 Å². The van der Waals surface area contributed by atoms with Gasteiger partial charge in [-0.15, -0.1) is 0 Å². The van der Waals surface area contributed by atoms with Crippen LogP contribution in [-0.4, -0.2) is 41.3 Å². The number of ether oxygens (including phenoxy) is 1. The third-order valence-electron chi connectivity index (χ3n) is 2.23. The first kappa shape index (κ1) is 14.9. The van der Waals surface area contributed by atoms with Crippen LogP contribution in [0.25, 0.3) is 0 Å². The molecule has 0 heterocycles. The van der Waals surface area contributed by atoms with Gasteiger partial charge in [-0.3, -0.25) is 4.79 Å². The van der Waals surface area contributed by atoms with Crippen molar-refractivity contribution in [3.8, 4) is 5.75 Å². The number of aliphatic carboxylic acids is 1. The Balaban J connectivity index is 2.30. The lowest BCUT2D eigenvalue weighted by atomic mass is 10.3. The molecular weight excluding hydrogens is 257 g/mol. The van der Waals surface area contributed by atoms with Crippen LogP contribution in [0.5, 0.6) is 5.75 Å². The number of carbonyl (C=O) groups is 2. The minimum Gasteiger partial charge on any atom is -0.493 e. The third-order valence-corrected chi connectivity index (χ3v) is 2.23. The molecule has 1 atom stereocenters. The molecule has 0 fully saturated rings.